The third-order valence-electron chi connectivity index (χ3n) is 5.95. The number of ketones is 1. The first-order valence-electron chi connectivity index (χ1n) is 10.5. The van der Waals surface area contributed by atoms with Crippen molar-refractivity contribution in [2.75, 3.05) is 19.8 Å². The first kappa shape index (κ1) is 21.6. The summed E-state index contributed by atoms with van der Waals surface area (Å²) in [5, 5.41) is 9.16. The van der Waals surface area contributed by atoms with Gasteiger partial charge >= 0.3 is 0 Å². The van der Waals surface area contributed by atoms with Crippen LogP contribution in [0.2, 0.25) is 0 Å². The number of H-pyrrole nitrogens is 1. The van der Waals surface area contributed by atoms with Gasteiger partial charge in [-0.15, -0.1) is 0 Å². The second-order valence-corrected chi connectivity index (χ2v) is 8.00. The van der Waals surface area contributed by atoms with E-state index in [1.54, 1.807) is 12.1 Å². The van der Waals surface area contributed by atoms with Crippen LogP contribution in [-0.2, 0) is 9.53 Å². The molecular formula is C24H24F3NO3. The molecule has 1 heterocycles. The zero-order chi connectivity index (χ0) is 22.0. The number of fused-ring (bicyclic) bond motifs is 1. The van der Waals surface area contributed by atoms with Gasteiger partial charge in [-0.2, -0.15) is 0 Å². The van der Waals surface area contributed by atoms with Gasteiger partial charge in [-0.1, -0.05) is 0 Å². The van der Waals surface area contributed by atoms with Crippen LogP contribution in [0, 0.1) is 23.4 Å². The van der Waals surface area contributed by atoms with Crippen LogP contribution < -0.4 is 0 Å². The summed E-state index contributed by atoms with van der Waals surface area (Å²) >= 11 is 0. The quantitative estimate of drug-likeness (QED) is 0.463. The molecule has 0 saturated heterocycles. The molecule has 0 spiro atoms. The second kappa shape index (κ2) is 9.24. The van der Waals surface area contributed by atoms with E-state index in [2.05, 4.69) is 4.98 Å². The third kappa shape index (κ3) is 4.52. The normalized spacial score (nSPS) is 18.3. The molecule has 0 amide bonds. The highest BCUT2D eigenvalue weighted by Gasteiger charge is 2.38. The lowest BCUT2D eigenvalue weighted by molar-refractivity contribution is -0.126. The summed E-state index contributed by atoms with van der Waals surface area (Å²) in [5.41, 5.74) is 2.30. The number of nitrogens with one attached hydrogen (secondary N) is 1. The van der Waals surface area contributed by atoms with Gasteiger partial charge < -0.3 is 14.8 Å². The molecule has 7 heteroatoms. The van der Waals surface area contributed by atoms with Gasteiger partial charge in [0.25, 0.3) is 0 Å². The SMILES string of the molecule is O=C(CCCOCCO)C1CC(c2c(-c3ccc(F)cc3)[nH]c3c(F)cc(F)cc23)C1. The van der Waals surface area contributed by atoms with Crippen LogP contribution >= 0.6 is 0 Å². The smallest absolute Gasteiger partial charge is 0.150 e. The molecule has 1 aromatic heterocycles. The highest BCUT2D eigenvalue weighted by molar-refractivity contribution is 5.92. The van der Waals surface area contributed by atoms with E-state index >= 15 is 0 Å². The molecule has 2 aromatic carbocycles. The van der Waals surface area contributed by atoms with Crippen LogP contribution in [0.15, 0.2) is 36.4 Å². The molecule has 0 radical (unpaired) electrons. The van der Waals surface area contributed by atoms with Gasteiger partial charge in [0.1, 0.15) is 23.2 Å². The molecule has 2 N–H and O–H groups in total. The summed E-state index contributed by atoms with van der Waals surface area (Å²) in [5.74, 6) is -1.67. The van der Waals surface area contributed by atoms with Crippen LogP contribution in [-0.4, -0.2) is 35.7 Å². The number of carbonyl (C=O) groups excluding carboxylic acids is 1. The maximum Gasteiger partial charge on any atom is 0.150 e. The number of ether oxygens (including phenoxy) is 1. The molecule has 1 fully saturated rings. The van der Waals surface area contributed by atoms with E-state index < -0.39 is 11.6 Å². The average molecular weight is 431 g/mol. The number of Topliss-reactive ketones (excluding diaryl/α,β-unsaturated/α-hetero) is 1. The van der Waals surface area contributed by atoms with Crippen molar-refractivity contribution in [1.29, 1.82) is 0 Å². The fourth-order valence-electron chi connectivity index (χ4n) is 4.34. The minimum Gasteiger partial charge on any atom is -0.394 e. The highest BCUT2D eigenvalue weighted by atomic mass is 19.1. The second-order valence-electron chi connectivity index (χ2n) is 8.00. The fraction of sp³-hybridized carbons (Fsp3) is 0.375. The molecule has 4 rings (SSSR count). The molecule has 1 saturated carbocycles. The van der Waals surface area contributed by atoms with Crippen LogP contribution in [0.3, 0.4) is 0 Å². The number of rotatable bonds is 9. The lowest BCUT2D eigenvalue weighted by Crippen LogP contribution is -2.29. The maximum absolute atomic E-state index is 14.4. The van der Waals surface area contributed by atoms with Crippen molar-refractivity contribution in [3.63, 3.8) is 0 Å². The summed E-state index contributed by atoms with van der Waals surface area (Å²) in [7, 11) is 0. The molecule has 4 nitrogen and oxygen atoms in total. The Hall–Kier alpha value is -2.64. The lowest BCUT2D eigenvalue weighted by atomic mass is 9.68. The van der Waals surface area contributed by atoms with Gasteiger partial charge in [-0.05, 0) is 66.6 Å². The molecule has 1 aliphatic rings. The van der Waals surface area contributed by atoms with Gasteiger partial charge in [0.2, 0.25) is 0 Å². The van der Waals surface area contributed by atoms with Crippen LogP contribution in [0.5, 0.6) is 0 Å². The number of benzene rings is 2. The summed E-state index contributed by atoms with van der Waals surface area (Å²) in [6, 6.07) is 8.01. The number of aromatic amines is 1. The van der Waals surface area contributed by atoms with Gasteiger partial charge in [0.05, 0.1) is 24.4 Å². The number of aliphatic hydroxyl groups excluding tert-OH is 1. The summed E-state index contributed by atoms with van der Waals surface area (Å²) in [6.07, 6.45) is 2.22. The fourth-order valence-corrected chi connectivity index (χ4v) is 4.34. The van der Waals surface area contributed by atoms with E-state index in [1.165, 1.54) is 18.2 Å². The molecule has 164 valence electrons. The van der Waals surface area contributed by atoms with Gasteiger partial charge in [-0.3, -0.25) is 4.79 Å². The number of aromatic nitrogens is 1. The molecule has 0 aliphatic heterocycles. The number of halogens is 3. The summed E-state index contributed by atoms with van der Waals surface area (Å²) in [6.45, 7) is 0.651. The molecule has 0 bridgehead atoms. The van der Waals surface area contributed by atoms with Crippen molar-refractivity contribution >= 4 is 16.7 Å². The number of hydrogen-bond donors (Lipinski definition) is 2. The highest BCUT2D eigenvalue weighted by Crippen LogP contribution is 2.48. The Morgan fingerprint density at radius 1 is 1.06 bits per heavy atom. The van der Waals surface area contributed by atoms with E-state index in [9.17, 15) is 18.0 Å². The minimum atomic E-state index is -0.681. The third-order valence-corrected chi connectivity index (χ3v) is 5.95. The Balaban J connectivity index is 1.55. The molecule has 0 atom stereocenters. The maximum atomic E-state index is 14.4. The molecular weight excluding hydrogens is 407 g/mol. The average Bonchev–Trinajstić information content (AvgIpc) is 3.07. The van der Waals surface area contributed by atoms with E-state index in [4.69, 9.17) is 9.84 Å². The molecule has 1 aliphatic carbocycles. The first-order valence-corrected chi connectivity index (χ1v) is 10.5. The van der Waals surface area contributed by atoms with Crippen molar-refractivity contribution in [3.8, 4) is 11.3 Å². The standard InChI is InChI=1S/C24H24F3NO3/c25-17-5-3-14(4-6-17)23-22(19-12-18(26)13-20(27)24(19)28-23)16-10-15(11-16)21(30)2-1-8-31-9-7-29/h3-6,12-13,15-16,28-29H,1-2,7-11H2. The monoisotopic (exact) mass is 431 g/mol. The van der Waals surface area contributed by atoms with Gasteiger partial charge in [0, 0.05) is 30.4 Å². The Morgan fingerprint density at radius 2 is 1.81 bits per heavy atom. The minimum absolute atomic E-state index is 0.0189. The summed E-state index contributed by atoms with van der Waals surface area (Å²) < 4.78 is 47.0. The van der Waals surface area contributed by atoms with E-state index in [-0.39, 0.29) is 42.2 Å². The predicted octanol–water partition coefficient (Wildman–Crippen LogP) is 5.10. The van der Waals surface area contributed by atoms with Crippen LogP contribution in [0.25, 0.3) is 22.2 Å². The van der Waals surface area contributed by atoms with Crippen molar-refractivity contribution in [3.05, 3.63) is 59.4 Å². The molecule has 31 heavy (non-hydrogen) atoms. The summed E-state index contributed by atoms with van der Waals surface area (Å²) in [4.78, 5) is 15.5. The van der Waals surface area contributed by atoms with Crippen molar-refractivity contribution < 1.29 is 27.8 Å². The number of aliphatic hydroxyl groups is 1. The topological polar surface area (TPSA) is 62.3 Å². The first-order chi connectivity index (χ1) is 15.0. The Kier molecular flexibility index (Phi) is 6.43. The Morgan fingerprint density at radius 3 is 2.52 bits per heavy atom. The Bertz CT molecular complexity index is 1070. The van der Waals surface area contributed by atoms with Crippen molar-refractivity contribution in [1.82, 2.24) is 4.98 Å². The predicted molar refractivity (Wildman–Crippen MR) is 111 cm³/mol. The van der Waals surface area contributed by atoms with Crippen LogP contribution in [0.4, 0.5) is 13.2 Å². The van der Waals surface area contributed by atoms with Crippen LogP contribution in [0.1, 0.15) is 37.2 Å². The Labute approximate surface area is 178 Å². The zero-order valence-electron chi connectivity index (χ0n) is 17.0. The largest absolute Gasteiger partial charge is 0.394 e. The van der Waals surface area contributed by atoms with Gasteiger partial charge in [0.15, 0.2) is 0 Å². The van der Waals surface area contributed by atoms with Crippen molar-refractivity contribution in [2.45, 2.75) is 31.6 Å². The van der Waals surface area contributed by atoms with E-state index in [0.29, 0.717) is 48.9 Å². The van der Waals surface area contributed by atoms with E-state index in [1.807, 2.05) is 0 Å². The lowest BCUT2D eigenvalue weighted by Gasteiger charge is -2.35. The van der Waals surface area contributed by atoms with E-state index in [0.717, 1.165) is 11.6 Å². The zero-order valence-corrected chi connectivity index (χ0v) is 17.0. The molecule has 0 unspecified atom stereocenters. The van der Waals surface area contributed by atoms with Crippen molar-refractivity contribution in [2.24, 2.45) is 5.92 Å². The van der Waals surface area contributed by atoms with Gasteiger partial charge in [-0.25, -0.2) is 13.2 Å². The number of hydrogen-bond acceptors (Lipinski definition) is 3. The molecule has 3 aromatic rings. The number of carbonyl (C=O) groups is 1.